The topological polar surface area (TPSA) is 69.0 Å². The number of aromatic nitrogens is 3. The van der Waals surface area contributed by atoms with E-state index in [0.29, 0.717) is 12.2 Å². The minimum Gasteiger partial charge on any atom is -0.497 e. The molecule has 0 fully saturated rings. The molecule has 0 aliphatic heterocycles. The van der Waals surface area contributed by atoms with E-state index in [2.05, 4.69) is 21.5 Å². The number of ether oxygens (including phenoxy) is 1. The van der Waals surface area contributed by atoms with E-state index in [9.17, 15) is 4.79 Å². The van der Waals surface area contributed by atoms with Crippen molar-refractivity contribution in [2.24, 2.45) is 7.05 Å². The van der Waals surface area contributed by atoms with Crippen LogP contribution in [0.25, 0.3) is 21.1 Å². The van der Waals surface area contributed by atoms with E-state index in [1.165, 1.54) is 0 Å². The number of benzene rings is 1. The molecular formula is C21H20N4O2S2. The Balaban J connectivity index is 1.49. The van der Waals surface area contributed by atoms with Crippen molar-refractivity contribution in [2.75, 3.05) is 7.11 Å². The number of thiophene rings is 1. The van der Waals surface area contributed by atoms with E-state index in [1.54, 1.807) is 47.6 Å². The Bertz CT molecular complexity index is 1150. The van der Waals surface area contributed by atoms with E-state index >= 15 is 0 Å². The van der Waals surface area contributed by atoms with Crippen LogP contribution in [0.15, 0.2) is 47.8 Å². The fourth-order valence-corrected chi connectivity index (χ4v) is 4.75. The first-order valence-electron chi connectivity index (χ1n) is 9.02. The third-order valence-electron chi connectivity index (χ3n) is 4.51. The second-order valence-corrected chi connectivity index (χ2v) is 8.49. The van der Waals surface area contributed by atoms with Crippen LogP contribution >= 0.6 is 22.7 Å². The summed E-state index contributed by atoms with van der Waals surface area (Å²) < 4.78 is 6.87. The molecule has 29 heavy (non-hydrogen) atoms. The van der Waals surface area contributed by atoms with Crippen molar-refractivity contribution in [3.8, 4) is 26.9 Å². The van der Waals surface area contributed by atoms with Crippen molar-refractivity contribution in [3.63, 3.8) is 0 Å². The number of amides is 1. The van der Waals surface area contributed by atoms with Gasteiger partial charge in [-0.05, 0) is 36.6 Å². The van der Waals surface area contributed by atoms with E-state index < -0.39 is 0 Å². The maximum atomic E-state index is 12.7. The van der Waals surface area contributed by atoms with Crippen LogP contribution in [0.1, 0.15) is 21.1 Å². The third kappa shape index (κ3) is 4.08. The highest BCUT2D eigenvalue weighted by atomic mass is 32.1. The molecule has 0 radical (unpaired) electrons. The summed E-state index contributed by atoms with van der Waals surface area (Å²) >= 11 is 3.28. The first-order valence-corrected chi connectivity index (χ1v) is 10.7. The lowest BCUT2D eigenvalue weighted by Gasteiger charge is -2.04. The normalized spacial score (nSPS) is 10.9. The van der Waals surface area contributed by atoms with Gasteiger partial charge in [-0.3, -0.25) is 9.48 Å². The summed E-state index contributed by atoms with van der Waals surface area (Å²) in [5, 5.41) is 10.5. The molecular weight excluding hydrogens is 404 g/mol. The van der Waals surface area contributed by atoms with Gasteiger partial charge in [0, 0.05) is 17.5 Å². The molecule has 0 saturated heterocycles. The molecule has 4 rings (SSSR count). The van der Waals surface area contributed by atoms with Crippen LogP contribution in [-0.4, -0.2) is 27.8 Å². The van der Waals surface area contributed by atoms with E-state index in [0.717, 1.165) is 37.5 Å². The number of carbonyl (C=O) groups excluding carboxylic acids is 1. The van der Waals surface area contributed by atoms with Gasteiger partial charge in [0.2, 0.25) is 0 Å². The summed E-state index contributed by atoms with van der Waals surface area (Å²) in [5.41, 5.74) is 3.08. The zero-order valence-corrected chi connectivity index (χ0v) is 17.9. The molecule has 4 aromatic rings. The number of nitrogens with zero attached hydrogens (tertiary/aromatic N) is 3. The quantitative estimate of drug-likeness (QED) is 0.494. The first kappa shape index (κ1) is 19.4. The fourth-order valence-electron chi connectivity index (χ4n) is 2.95. The van der Waals surface area contributed by atoms with Gasteiger partial charge in [-0.25, -0.2) is 4.98 Å². The SMILES string of the molecule is COc1cccc(-c2cc(C(=O)NCc3sc(-c4cccs4)nc3C)n(C)n2)c1. The smallest absolute Gasteiger partial charge is 0.269 e. The van der Waals surface area contributed by atoms with Gasteiger partial charge >= 0.3 is 0 Å². The number of hydrogen-bond acceptors (Lipinski definition) is 6. The molecule has 0 unspecified atom stereocenters. The molecule has 0 aliphatic carbocycles. The summed E-state index contributed by atoms with van der Waals surface area (Å²) in [4.78, 5) is 19.6. The van der Waals surface area contributed by atoms with Gasteiger partial charge in [0.1, 0.15) is 16.5 Å². The molecule has 0 aliphatic rings. The van der Waals surface area contributed by atoms with Crippen molar-refractivity contribution in [2.45, 2.75) is 13.5 Å². The second kappa shape index (κ2) is 8.18. The van der Waals surface area contributed by atoms with Crippen LogP contribution in [0.4, 0.5) is 0 Å². The highest BCUT2D eigenvalue weighted by molar-refractivity contribution is 7.21. The number of aryl methyl sites for hydroxylation is 2. The van der Waals surface area contributed by atoms with Crippen molar-refractivity contribution in [1.29, 1.82) is 0 Å². The summed E-state index contributed by atoms with van der Waals surface area (Å²) in [6.07, 6.45) is 0. The zero-order valence-electron chi connectivity index (χ0n) is 16.3. The Morgan fingerprint density at radius 1 is 1.24 bits per heavy atom. The lowest BCUT2D eigenvalue weighted by Crippen LogP contribution is -2.25. The summed E-state index contributed by atoms with van der Waals surface area (Å²) in [7, 11) is 3.40. The van der Waals surface area contributed by atoms with Gasteiger partial charge in [-0.1, -0.05) is 18.2 Å². The number of nitrogens with one attached hydrogen (secondary N) is 1. The summed E-state index contributed by atoms with van der Waals surface area (Å²) in [5.74, 6) is 0.584. The molecule has 0 spiro atoms. The molecule has 8 heteroatoms. The fraction of sp³-hybridized carbons (Fsp3) is 0.190. The van der Waals surface area contributed by atoms with Crippen LogP contribution < -0.4 is 10.1 Å². The Morgan fingerprint density at radius 2 is 2.10 bits per heavy atom. The van der Waals surface area contributed by atoms with Crippen LogP contribution in [0.5, 0.6) is 5.75 Å². The van der Waals surface area contributed by atoms with Gasteiger partial charge in [0.15, 0.2) is 0 Å². The van der Waals surface area contributed by atoms with Crippen LogP contribution in [-0.2, 0) is 13.6 Å². The molecule has 3 heterocycles. The molecule has 6 nitrogen and oxygen atoms in total. The molecule has 0 atom stereocenters. The predicted molar refractivity (Wildman–Crippen MR) is 117 cm³/mol. The van der Waals surface area contributed by atoms with Gasteiger partial charge < -0.3 is 10.1 Å². The number of hydrogen-bond donors (Lipinski definition) is 1. The summed E-state index contributed by atoms with van der Waals surface area (Å²) in [6.45, 7) is 2.41. The van der Waals surface area contributed by atoms with E-state index in [1.807, 2.05) is 42.6 Å². The Labute approximate surface area is 176 Å². The van der Waals surface area contributed by atoms with E-state index in [4.69, 9.17) is 4.74 Å². The van der Waals surface area contributed by atoms with E-state index in [-0.39, 0.29) is 5.91 Å². The Morgan fingerprint density at radius 3 is 2.86 bits per heavy atom. The Kier molecular flexibility index (Phi) is 5.46. The minimum atomic E-state index is -0.167. The first-order chi connectivity index (χ1) is 14.0. The van der Waals surface area contributed by atoms with Crippen molar-refractivity contribution >= 4 is 28.6 Å². The largest absolute Gasteiger partial charge is 0.497 e. The maximum Gasteiger partial charge on any atom is 0.269 e. The van der Waals surface area contributed by atoms with Crippen molar-refractivity contribution in [3.05, 3.63) is 64.1 Å². The lowest BCUT2D eigenvalue weighted by atomic mass is 10.1. The number of carbonyl (C=O) groups is 1. The van der Waals surface area contributed by atoms with Crippen LogP contribution in [0.3, 0.4) is 0 Å². The van der Waals surface area contributed by atoms with Crippen molar-refractivity contribution in [1.82, 2.24) is 20.1 Å². The van der Waals surface area contributed by atoms with Crippen LogP contribution in [0.2, 0.25) is 0 Å². The molecule has 1 N–H and O–H groups in total. The average Bonchev–Trinajstić information content (AvgIpc) is 3.46. The van der Waals surface area contributed by atoms with Gasteiger partial charge in [0.25, 0.3) is 5.91 Å². The zero-order chi connectivity index (χ0) is 20.4. The second-order valence-electron chi connectivity index (χ2n) is 6.46. The van der Waals surface area contributed by atoms with Gasteiger partial charge in [-0.15, -0.1) is 22.7 Å². The minimum absolute atomic E-state index is 0.167. The van der Waals surface area contributed by atoms with Gasteiger partial charge in [0.05, 0.1) is 29.9 Å². The standard InChI is InChI=1S/C21H20N4O2S2/c1-13-19(29-21(23-13)18-8-5-9-28-18)12-22-20(26)17-11-16(24-25(17)2)14-6-4-7-15(10-14)27-3/h4-11H,12H2,1-3H3,(H,22,26). The van der Waals surface area contributed by atoms with Crippen LogP contribution in [0, 0.1) is 6.92 Å². The lowest BCUT2D eigenvalue weighted by molar-refractivity contribution is 0.0942. The highest BCUT2D eigenvalue weighted by Crippen LogP contribution is 2.31. The number of rotatable bonds is 6. The molecule has 3 aromatic heterocycles. The number of methoxy groups -OCH3 is 1. The molecule has 1 aromatic carbocycles. The average molecular weight is 425 g/mol. The monoisotopic (exact) mass is 424 g/mol. The Hall–Kier alpha value is -2.97. The van der Waals surface area contributed by atoms with Gasteiger partial charge in [-0.2, -0.15) is 5.10 Å². The molecule has 0 bridgehead atoms. The summed E-state index contributed by atoms with van der Waals surface area (Å²) in [6, 6.07) is 13.5. The highest BCUT2D eigenvalue weighted by Gasteiger charge is 2.16. The third-order valence-corrected chi connectivity index (χ3v) is 6.71. The molecule has 0 saturated carbocycles. The molecule has 1 amide bonds. The number of thiazole rings is 1. The molecule has 148 valence electrons. The maximum absolute atomic E-state index is 12.7. The predicted octanol–water partition coefficient (Wildman–Crippen LogP) is 4.52. The van der Waals surface area contributed by atoms with Crippen molar-refractivity contribution < 1.29 is 9.53 Å².